The maximum atomic E-state index is 13.5. The van der Waals surface area contributed by atoms with Crippen molar-refractivity contribution in [2.24, 2.45) is 0 Å². The first-order valence-electron chi connectivity index (χ1n) is 8.56. The highest BCUT2D eigenvalue weighted by atomic mass is 32.2. The van der Waals surface area contributed by atoms with Crippen LogP contribution in [0.2, 0.25) is 0 Å². The van der Waals surface area contributed by atoms with Crippen molar-refractivity contribution in [2.75, 3.05) is 11.4 Å². The third kappa shape index (κ3) is 3.16. The summed E-state index contributed by atoms with van der Waals surface area (Å²) >= 11 is 1.21. The van der Waals surface area contributed by atoms with E-state index < -0.39 is 15.4 Å². The largest absolute Gasteiger partial charge is 0.497 e. The van der Waals surface area contributed by atoms with Crippen LogP contribution in [0.5, 0.6) is 5.75 Å². The molecule has 5 nitrogen and oxygen atoms in total. The summed E-state index contributed by atoms with van der Waals surface area (Å²) in [5, 5.41) is -0.950. The van der Waals surface area contributed by atoms with Crippen LogP contribution in [0, 0.1) is 0 Å². The van der Waals surface area contributed by atoms with Gasteiger partial charge in [-0.2, -0.15) is 0 Å². The summed E-state index contributed by atoms with van der Waals surface area (Å²) in [5.74, 6) is 0.270. The predicted octanol–water partition coefficient (Wildman–Crippen LogP) is 4.21. The predicted molar refractivity (Wildman–Crippen MR) is 110 cm³/mol. The molecule has 1 atom stereocenters. The van der Waals surface area contributed by atoms with Gasteiger partial charge in [0.15, 0.2) is 11.2 Å². The third-order valence-electron chi connectivity index (χ3n) is 4.43. The molecule has 3 aromatic rings. The zero-order chi connectivity index (χ0) is 19.7. The average Bonchev–Trinajstić information content (AvgIpc) is 2.73. The number of ether oxygens (including phenoxy) is 1. The molecule has 0 fully saturated rings. The van der Waals surface area contributed by atoms with Gasteiger partial charge in [-0.3, -0.25) is 4.79 Å². The van der Waals surface area contributed by atoms with Crippen LogP contribution in [0.1, 0.15) is 10.4 Å². The molecule has 0 aliphatic carbocycles. The first-order valence-corrected chi connectivity index (χ1v) is 10.9. The maximum Gasteiger partial charge on any atom is 0.266 e. The minimum atomic E-state index is -3.93. The van der Waals surface area contributed by atoms with E-state index in [2.05, 4.69) is 0 Å². The number of methoxy groups -OCH3 is 1. The Morgan fingerprint density at radius 2 is 1.61 bits per heavy atom. The number of carbonyl (C=O) groups is 1. The highest BCUT2D eigenvalue weighted by molar-refractivity contribution is 8.04. The number of fused-ring (bicyclic) bond motifs is 1. The summed E-state index contributed by atoms with van der Waals surface area (Å²) in [5.41, 5.74) is 0.910. The number of sulfonamides is 1. The second-order valence-electron chi connectivity index (χ2n) is 6.15. The van der Waals surface area contributed by atoms with Crippen LogP contribution in [-0.4, -0.2) is 26.7 Å². The molecule has 0 aromatic heterocycles. The molecule has 0 spiro atoms. The fourth-order valence-corrected chi connectivity index (χ4v) is 6.59. The van der Waals surface area contributed by atoms with E-state index in [1.54, 1.807) is 66.7 Å². The van der Waals surface area contributed by atoms with Gasteiger partial charge in [0, 0.05) is 10.5 Å². The minimum absolute atomic E-state index is 0.166. The summed E-state index contributed by atoms with van der Waals surface area (Å²) in [6.07, 6.45) is 0. The van der Waals surface area contributed by atoms with Crippen LogP contribution in [0.3, 0.4) is 0 Å². The summed E-state index contributed by atoms with van der Waals surface area (Å²) < 4.78 is 33.4. The molecule has 4 rings (SSSR count). The molecule has 28 heavy (non-hydrogen) atoms. The zero-order valence-electron chi connectivity index (χ0n) is 15.0. The number of carbonyl (C=O) groups excluding carboxylic acids is 1. The van der Waals surface area contributed by atoms with Gasteiger partial charge in [0.1, 0.15) is 10.6 Å². The van der Waals surface area contributed by atoms with Gasteiger partial charge >= 0.3 is 0 Å². The molecular weight excluding hydrogens is 394 g/mol. The van der Waals surface area contributed by atoms with Crippen LogP contribution in [-0.2, 0) is 10.0 Å². The van der Waals surface area contributed by atoms with Gasteiger partial charge < -0.3 is 4.74 Å². The zero-order valence-corrected chi connectivity index (χ0v) is 16.6. The molecule has 1 aliphatic heterocycles. The van der Waals surface area contributed by atoms with Gasteiger partial charge in [0.2, 0.25) is 0 Å². The van der Waals surface area contributed by atoms with Gasteiger partial charge in [-0.1, -0.05) is 60.3 Å². The number of hydrogen-bond donors (Lipinski definition) is 0. The summed E-state index contributed by atoms with van der Waals surface area (Å²) in [7, 11) is -2.41. The molecule has 0 radical (unpaired) electrons. The summed E-state index contributed by atoms with van der Waals surface area (Å²) in [4.78, 5) is 13.9. The minimum Gasteiger partial charge on any atom is -0.497 e. The smallest absolute Gasteiger partial charge is 0.266 e. The van der Waals surface area contributed by atoms with E-state index in [4.69, 9.17) is 4.74 Å². The van der Waals surface area contributed by atoms with Crippen molar-refractivity contribution in [1.82, 2.24) is 0 Å². The average molecular weight is 412 g/mol. The number of thioether (sulfide) groups is 1. The summed E-state index contributed by atoms with van der Waals surface area (Å²) in [6, 6.07) is 22.2. The highest BCUT2D eigenvalue weighted by Crippen LogP contribution is 2.44. The van der Waals surface area contributed by atoms with Crippen LogP contribution >= 0.6 is 11.8 Å². The van der Waals surface area contributed by atoms with Crippen molar-refractivity contribution in [3.8, 4) is 5.75 Å². The Hall–Kier alpha value is -2.77. The molecule has 0 bridgehead atoms. The SMILES string of the molecule is COc1ccc2c(c1)SC(C(=O)c1ccccc1)N(c1ccccc1)S2(=O)=O. The van der Waals surface area contributed by atoms with Crippen LogP contribution in [0.25, 0.3) is 0 Å². The first-order chi connectivity index (χ1) is 13.5. The van der Waals surface area contributed by atoms with E-state index >= 15 is 0 Å². The topological polar surface area (TPSA) is 63.7 Å². The molecule has 0 amide bonds. The van der Waals surface area contributed by atoms with Gasteiger partial charge in [0.05, 0.1) is 12.8 Å². The number of ketones is 1. The molecule has 1 aliphatic rings. The molecule has 3 aromatic carbocycles. The molecule has 0 N–H and O–H groups in total. The molecule has 142 valence electrons. The van der Waals surface area contributed by atoms with Crippen LogP contribution < -0.4 is 9.04 Å². The van der Waals surface area contributed by atoms with E-state index in [0.29, 0.717) is 21.9 Å². The van der Waals surface area contributed by atoms with Crippen LogP contribution in [0.4, 0.5) is 5.69 Å². The Bertz CT molecular complexity index is 1120. The fraction of sp³-hybridized carbons (Fsp3) is 0.0952. The Balaban J connectivity index is 1.90. The number of Topliss-reactive ketones (excluding diaryl/α,β-unsaturated/α-hetero) is 1. The van der Waals surface area contributed by atoms with Crippen molar-refractivity contribution in [3.05, 3.63) is 84.4 Å². The van der Waals surface area contributed by atoms with E-state index in [1.807, 2.05) is 6.07 Å². The lowest BCUT2D eigenvalue weighted by Gasteiger charge is -2.36. The third-order valence-corrected chi connectivity index (χ3v) is 7.79. The number of rotatable bonds is 4. The van der Waals surface area contributed by atoms with E-state index in [1.165, 1.54) is 29.2 Å². The Morgan fingerprint density at radius 1 is 0.964 bits per heavy atom. The molecule has 7 heteroatoms. The first kappa shape index (κ1) is 18.6. The van der Waals surface area contributed by atoms with Crippen molar-refractivity contribution >= 4 is 33.3 Å². The Kier molecular flexibility index (Phi) is 4.87. The second kappa shape index (κ2) is 7.33. The number of hydrogen-bond acceptors (Lipinski definition) is 5. The molecule has 0 saturated carbocycles. The van der Waals surface area contributed by atoms with Gasteiger partial charge in [-0.05, 0) is 30.3 Å². The van der Waals surface area contributed by atoms with Crippen molar-refractivity contribution in [1.29, 1.82) is 0 Å². The lowest BCUT2D eigenvalue weighted by Crippen LogP contribution is -2.46. The Morgan fingerprint density at radius 3 is 2.25 bits per heavy atom. The maximum absolute atomic E-state index is 13.5. The monoisotopic (exact) mass is 411 g/mol. The standard InChI is InChI=1S/C21H17NO4S2/c1-26-17-12-13-19-18(14-17)27-21(20(23)15-8-4-2-5-9-15)22(28(19,24)25)16-10-6-3-7-11-16/h2-14,21H,1H3. The number of benzene rings is 3. The number of anilines is 1. The fourth-order valence-electron chi connectivity index (χ4n) is 3.07. The number of nitrogens with zero attached hydrogens (tertiary/aromatic N) is 1. The van der Waals surface area contributed by atoms with Crippen molar-refractivity contribution < 1.29 is 17.9 Å². The lowest BCUT2D eigenvalue weighted by atomic mass is 10.1. The molecule has 1 unspecified atom stereocenters. The number of para-hydroxylation sites is 1. The van der Waals surface area contributed by atoms with Crippen molar-refractivity contribution in [2.45, 2.75) is 15.2 Å². The van der Waals surface area contributed by atoms with E-state index in [9.17, 15) is 13.2 Å². The lowest BCUT2D eigenvalue weighted by molar-refractivity contribution is 0.0991. The normalized spacial score (nSPS) is 17.6. The molecular formula is C21H17NO4S2. The Labute approximate surface area is 168 Å². The van der Waals surface area contributed by atoms with Crippen molar-refractivity contribution in [3.63, 3.8) is 0 Å². The van der Waals surface area contributed by atoms with Gasteiger partial charge in [0.25, 0.3) is 10.0 Å². The van der Waals surface area contributed by atoms with Gasteiger partial charge in [-0.15, -0.1) is 0 Å². The van der Waals surface area contributed by atoms with E-state index in [0.717, 1.165) is 0 Å². The molecule has 1 heterocycles. The summed E-state index contributed by atoms with van der Waals surface area (Å²) in [6.45, 7) is 0. The molecule has 0 saturated heterocycles. The second-order valence-corrected chi connectivity index (χ2v) is 9.05. The quantitative estimate of drug-likeness (QED) is 0.602. The van der Waals surface area contributed by atoms with Crippen LogP contribution in [0.15, 0.2) is 88.7 Å². The van der Waals surface area contributed by atoms with Gasteiger partial charge in [-0.25, -0.2) is 12.7 Å². The highest BCUT2D eigenvalue weighted by Gasteiger charge is 2.43. The van der Waals surface area contributed by atoms with E-state index in [-0.39, 0.29) is 10.7 Å².